The monoisotopic (exact) mass is 233 g/mol. The van der Waals surface area contributed by atoms with Gasteiger partial charge in [-0.15, -0.1) is 0 Å². The van der Waals surface area contributed by atoms with Crippen molar-refractivity contribution in [1.82, 2.24) is 0 Å². The number of hydrogen-bond acceptors (Lipinski definition) is 3. The van der Waals surface area contributed by atoms with E-state index in [1.165, 1.54) is 6.92 Å². The van der Waals surface area contributed by atoms with Gasteiger partial charge in [-0.25, -0.2) is 0 Å². The summed E-state index contributed by atoms with van der Waals surface area (Å²) >= 11 is 0. The largest absolute Gasteiger partial charge is 0.390 e. The van der Waals surface area contributed by atoms with Crippen molar-refractivity contribution < 1.29 is 9.90 Å². The minimum atomic E-state index is -0.778. The van der Waals surface area contributed by atoms with Crippen molar-refractivity contribution in [3.63, 3.8) is 0 Å². The third-order valence-corrected chi connectivity index (χ3v) is 4.32. The van der Waals surface area contributed by atoms with Crippen molar-refractivity contribution in [3.05, 3.63) is 11.6 Å². The van der Waals surface area contributed by atoms with E-state index in [9.17, 15) is 15.2 Å². The lowest BCUT2D eigenvalue weighted by Gasteiger charge is -2.37. The third-order valence-electron chi connectivity index (χ3n) is 4.32. The Morgan fingerprint density at radius 1 is 1.59 bits per heavy atom. The summed E-state index contributed by atoms with van der Waals surface area (Å²) in [5.74, 6) is 0.546. The van der Waals surface area contributed by atoms with Crippen molar-refractivity contribution in [2.45, 2.75) is 45.6 Å². The average molecular weight is 233 g/mol. The van der Waals surface area contributed by atoms with Gasteiger partial charge in [0.1, 0.15) is 0 Å². The number of carbonyl (C=O) groups excluding carboxylic acids is 1. The van der Waals surface area contributed by atoms with Gasteiger partial charge in [-0.05, 0) is 56.6 Å². The maximum absolute atomic E-state index is 11.3. The Hall–Kier alpha value is -1.14. The summed E-state index contributed by atoms with van der Waals surface area (Å²) in [7, 11) is 0. The van der Waals surface area contributed by atoms with Gasteiger partial charge >= 0.3 is 0 Å². The van der Waals surface area contributed by atoms with Gasteiger partial charge in [-0.1, -0.05) is 6.92 Å². The molecule has 1 N–H and O–H groups in total. The van der Waals surface area contributed by atoms with Gasteiger partial charge in [-0.3, -0.25) is 4.79 Å². The third kappa shape index (κ3) is 1.91. The van der Waals surface area contributed by atoms with Crippen molar-refractivity contribution in [1.29, 1.82) is 5.26 Å². The maximum atomic E-state index is 11.3. The first-order chi connectivity index (χ1) is 7.80. The number of carbonyl (C=O) groups is 1. The minimum Gasteiger partial charge on any atom is -0.390 e. The lowest BCUT2D eigenvalue weighted by Crippen LogP contribution is -2.38. The Morgan fingerprint density at radius 2 is 2.24 bits per heavy atom. The summed E-state index contributed by atoms with van der Waals surface area (Å²) in [6.45, 7) is 5.39. The minimum absolute atomic E-state index is 0.00586. The predicted molar refractivity (Wildman–Crippen MR) is 63.9 cm³/mol. The summed E-state index contributed by atoms with van der Waals surface area (Å²) in [5.41, 5.74) is -0.452. The van der Waals surface area contributed by atoms with Crippen LogP contribution in [0.4, 0.5) is 0 Å². The van der Waals surface area contributed by atoms with Gasteiger partial charge in [-0.2, -0.15) is 5.26 Å². The molecule has 0 aliphatic heterocycles. The maximum Gasteiger partial charge on any atom is 0.152 e. The Labute approximate surface area is 102 Å². The lowest BCUT2D eigenvalue weighted by atomic mass is 9.69. The number of nitrogens with zero attached hydrogens (tertiary/aromatic N) is 1. The molecule has 0 saturated heterocycles. The van der Waals surface area contributed by atoms with Crippen LogP contribution in [0.25, 0.3) is 0 Å². The highest BCUT2D eigenvalue weighted by Crippen LogP contribution is 2.59. The van der Waals surface area contributed by atoms with Crippen LogP contribution in [0.5, 0.6) is 0 Å². The lowest BCUT2D eigenvalue weighted by molar-refractivity contribution is -0.112. The van der Waals surface area contributed by atoms with Crippen molar-refractivity contribution >= 4 is 5.78 Å². The Kier molecular flexibility index (Phi) is 2.67. The average Bonchev–Trinajstić information content (AvgIpc) is 2.39. The van der Waals surface area contributed by atoms with E-state index >= 15 is 0 Å². The van der Waals surface area contributed by atoms with E-state index in [4.69, 9.17) is 0 Å². The van der Waals surface area contributed by atoms with Crippen LogP contribution in [0, 0.1) is 28.6 Å². The molecule has 0 radical (unpaired) electrons. The molecule has 2 fully saturated rings. The summed E-state index contributed by atoms with van der Waals surface area (Å²) < 4.78 is 0. The van der Waals surface area contributed by atoms with Crippen LogP contribution in [0.1, 0.15) is 40.0 Å². The van der Waals surface area contributed by atoms with E-state index in [0.29, 0.717) is 12.3 Å². The molecule has 3 unspecified atom stereocenters. The van der Waals surface area contributed by atoms with Crippen molar-refractivity contribution in [3.8, 4) is 6.07 Å². The van der Waals surface area contributed by atoms with Gasteiger partial charge in [0.05, 0.1) is 17.1 Å². The molecule has 4 atom stereocenters. The number of ketones is 1. The Bertz CT molecular complexity index is 430. The zero-order chi connectivity index (χ0) is 12.8. The molecule has 0 spiro atoms. The molecule has 2 aliphatic rings. The highest BCUT2D eigenvalue weighted by atomic mass is 16.3. The van der Waals surface area contributed by atoms with Crippen LogP contribution in [0.15, 0.2) is 11.6 Å². The first kappa shape index (κ1) is 12.3. The number of nitriles is 1. The van der Waals surface area contributed by atoms with Gasteiger partial charge in [0, 0.05) is 0 Å². The van der Waals surface area contributed by atoms with E-state index in [1.54, 1.807) is 13.0 Å². The first-order valence-corrected chi connectivity index (χ1v) is 6.16. The SMILES string of the molecule is CC(=O)/C=C1\C(C)C2CC(C)(O)C[C@]1(C#N)C2. The van der Waals surface area contributed by atoms with E-state index in [-0.39, 0.29) is 11.7 Å². The first-order valence-electron chi connectivity index (χ1n) is 6.16. The molecule has 17 heavy (non-hydrogen) atoms. The summed E-state index contributed by atoms with van der Waals surface area (Å²) in [6.07, 6.45) is 3.60. The number of rotatable bonds is 1. The second-order valence-electron chi connectivity index (χ2n) is 6.03. The molecule has 92 valence electrons. The predicted octanol–water partition coefficient (Wildman–Crippen LogP) is 2.21. The zero-order valence-electron chi connectivity index (χ0n) is 10.7. The van der Waals surface area contributed by atoms with Crippen LogP contribution in [0.2, 0.25) is 0 Å². The second-order valence-corrected chi connectivity index (χ2v) is 6.03. The number of allylic oxidation sites excluding steroid dienone is 2. The summed E-state index contributed by atoms with van der Waals surface area (Å²) in [4.78, 5) is 11.3. The Morgan fingerprint density at radius 3 is 2.76 bits per heavy atom. The number of fused-ring (bicyclic) bond motifs is 2. The van der Waals surface area contributed by atoms with Crippen molar-refractivity contribution in [2.75, 3.05) is 0 Å². The van der Waals surface area contributed by atoms with Crippen LogP contribution in [-0.2, 0) is 4.79 Å². The smallest absolute Gasteiger partial charge is 0.152 e. The molecular weight excluding hydrogens is 214 g/mol. The van der Waals surface area contributed by atoms with Gasteiger partial charge in [0.25, 0.3) is 0 Å². The molecule has 2 saturated carbocycles. The molecule has 0 heterocycles. The van der Waals surface area contributed by atoms with Gasteiger partial charge in [0.2, 0.25) is 0 Å². The van der Waals surface area contributed by atoms with E-state index < -0.39 is 11.0 Å². The topological polar surface area (TPSA) is 61.1 Å². The van der Waals surface area contributed by atoms with Crippen LogP contribution in [0.3, 0.4) is 0 Å². The fourth-order valence-corrected chi connectivity index (χ4v) is 3.78. The number of aliphatic hydroxyl groups is 1. The molecule has 3 nitrogen and oxygen atoms in total. The quantitative estimate of drug-likeness (QED) is 0.706. The van der Waals surface area contributed by atoms with Crippen molar-refractivity contribution in [2.24, 2.45) is 17.3 Å². The molecule has 0 aromatic carbocycles. The van der Waals surface area contributed by atoms with E-state index in [0.717, 1.165) is 18.4 Å². The van der Waals surface area contributed by atoms with E-state index in [1.807, 2.05) is 0 Å². The second kappa shape index (κ2) is 3.68. The molecule has 2 rings (SSSR count). The molecule has 0 amide bonds. The molecule has 0 aromatic heterocycles. The van der Waals surface area contributed by atoms with Gasteiger partial charge in [0.15, 0.2) is 5.78 Å². The Balaban J connectivity index is 2.49. The summed E-state index contributed by atoms with van der Waals surface area (Å²) in [5, 5.41) is 19.7. The highest BCUT2D eigenvalue weighted by Gasteiger charge is 2.56. The molecule has 2 aliphatic carbocycles. The zero-order valence-corrected chi connectivity index (χ0v) is 10.7. The molecule has 0 aromatic rings. The number of hydrogen-bond donors (Lipinski definition) is 1. The fraction of sp³-hybridized carbons (Fsp3) is 0.714. The normalized spacial score (nSPS) is 46.9. The molecule has 2 bridgehead atoms. The van der Waals surface area contributed by atoms with Crippen LogP contribution in [-0.4, -0.2) is 16.5 Å². The summed E-state index contributed by atoms with van der Waals surface area (Å²) in [6, 6.07) is 2.37. The standard InChI is InChI=1S/C14H19NO2/c1-9(16)4-12-10(2)11-5-13(3,17)7-14(12,6-11)8-15/h4,10-11,17H,5-7H2,1-3H3/b12-4+/t10?,11?,13?,14-/m0/s1. The van der Waals surface area contributed by atoms with E-state index in [2.05, 4.69) is 13.0 Å². The molecule has 3 heteroatoms. The fourth-order valence-electron chi connectivity index (χ4n) is 3.78. The molecular formula is C14H19NO2. The van der Waals surface area contributed by atoms with Gasteiger partial charge < -0.3 is 5.11 Å². The van der Waals surface area contributed by atoms with Crippen LogP contribution < -0.4 is 0 Å². The highest BCUT2D eigenvalue weighted by molar-refractivity contribution is 5.88. The van der Waals surface area contributed by atoms with Crippen LogP contribution >= 0.6 is 0 Å².